The summed E-state index contributed by atoms with van der Waals surface area (Å²) >= 11 is 0. The molecule has 0 fully saturated rings. The molecule has 0 bridgehead atoms. The molecule has 0 N–H and O–H groups in total. The summed E-state index contributed by atoms with van der Waals surface area (Å²) < 4.78 is 0. The number of nitrogens with zero attached hydrogens (tertiary/aromatic N) is 2. The lowest BCUT2D eigenvalue weighted by atomic mass is 9.93. The predicted octanol–water partition coefficient (Wildman–Crippen LogP) is 13.7. The van der Waals surface area contributed by atoms with Gasteiger partial charge in [-0.1, -0.05) is 158 Å². The summed E-state index contributed by atoms with van der Waals surface area (Å²) in [4.78, 5) is 4.78. The Balaban J connectivity index is 0.975. The van der Waals surface area contributed by atoms with Crippen LogP contribution in [0.15, 0.2) is 212 Å². The molecule has 7 aromatic carbocycles. The van der Waals surface area contributed by atoms with Crippen molar-refractivity contribution in [2.45, 2.75) is 19.3 Å². The molecule has 0 radical (unpaired) electrons. The van der Waals surface area contributed by atoms with Gasteiger partial charge < -0.3 is 9.80 Å². The molecule has 254 valence electrons. The molecular weight excluding hydrogens is 641 g/mol. The zero-order chi connectivity index (χ0) is 35.4. The third-order valence-electron chi connectivity index (χ3n) is 10.4. The monoisotopic (exact) mass is 680 g/mol. The maximum absolute atomic E-state index is 2.43. The zero-order valence-corrected chi connectivity index (χ0v) is 29.6. The quantitative estimate of drug-likeness (QED) is 0.158. The van der Waals surface area contributed by atoms with E-state index in [1.807, 2.05) is 0 Å². The molecule has 0 amide bonds. The van der Waals surface area contributed by atoms with Gasteiger partial charge in [0.15, 0.2) is 0 Å². The highest BCUT2D eigenvalue weighted by atomic mass is 15.2. The molecule has 0 aliphatic heterocycles. The summed E-state index contributed by atoms with van der Waals surface area (Å²) in [5, 5.41) is 2.46. The standard InChI is InChI=1S/C51H40N2/c1-3-19-44(20-4-1)52(50-26-12-17-42-14-7-9-24-48(42)50)46-23-11-16-38(32-35-46)39-28-30-40(31-29-39)41-33-36-47(37-34-41)53(45-21-5-2-6-22-45)51-27-13-18-43-15-8-10-25-49(43)51/h1-10,13-16,18-37H,11-12,17H2. The highest BCUT2D eigenvalue weighted by Crippen LogP contribution is 2.40. The van der Waals surface area contributed by atoms with Crippen LogP contribution < -0.4 is 9.80 Å². The first kappa shape index (κ1) is 32.3. The molecule has 0 aromatic heterocycles. The summed E-state index contributed by atoms with van der Waals surface area (Å²) in [5.74, 6) is 0. The van der Waals surface area contributed by atoms with Crippen molar-refractivity contribution in [3.63, 3.8) is 0 Å². The van der Waals surface area contributed by atoms with Gasteiger partial charge in [0.2, 0.25) is 0 Å². The van der Waals surface area contributed by atoms with E-state index in [1.165, 1.54) is 66.9 Å². The summed E-state index contributed by atoms with van der Waals surface area (Å²) in [6.45, 7) is 0. The number of hydrogen-bond acceptors (Lipinski definition) is 2. The largest absolute Gasteiger partial charge is 0.311 e. The van der Waals surface area contributed by atoms with Crippen molar-refractivity contribution in [2.75, 3.05) is 9.80 Å². The number of aryl methyl sites for hydroxylation is 1. The molecule has 2 aliphatic carbocycles. The first-order chi connectivity index (χ1) is 26.3. The van der Waals surface area contributed by atoms with Gasteiger partial charge in [0.25, 0.3) is 0 Å². The Morgan fingerprint density at radius 3 is 1.79 bits per heavy atom. The van der Waals surface area contributed by atoms with Crippen LogP contribution in [0.25, 0.3) is 33.2 Å². The van der Waals surface area contributed by atoms with Crippen LogP contribution in [-0.4, -0.2) is 0 Å². The van der Waals surface area contributed by atoms with Crippen LogP contribution in [0.1, 0.15) is 29.5 Å². The predicted molar refractivity (Wildman–Crippen MR) is 226 cm³/mol. The van der Waals surface area contributed by atoms with E-state index in [0.717, 1.165) is 30.6 Å². The van der Waals surface area contributed by atoms with Crippen LogP contribution >= 0.6 is 0 Å². The molecule has 0 saturated heterocycles. The molecule has 2 heteroatoms. The minimum atomic E-state index is 0.855. The molecule has 0 heterocycles. The zero-order valence-electron chi connectivity index (χ0n) is 29.6. The third kappa shape index (κ3) is 6.52. The molecule has 53 heavy (non-hydrogen) atoms. The van der Waals surface area contributed by atoms with Gasteiger partial charge >= 0.3 is 0 Å². The first-order valence-electron chi connectivity index (χ1n) is 18.6. The highest BCUT2D eigenvalue weighted by Gasteiger charge is 2.22. The molecule has 9 rings (SSSR count). The molecular formula is C51H40N2. The fraction of sp³-hybridized carbons (Fsp3) is 0.0588. The number of anilines is 4. The van der Waals surface area contributed by atoms with Crippen LogP contribution in [0.2, 0.25) is 0 Å². The highest BCUT2D eigenvalue weighted by molar-refractivity contribution is 5.99. The average Bonchev–Trinajstić information content (AvgIpc) is 3.49. The molecule has 0 saturated carbocycles. The van der Waals surface area contributed by atoms with Crippen LogP contribution in [0.4, 0.5) is 22.7 Å². The van der Waals surface area contributed by atoms with Gasteiger partial charge in [-0.3, -0.25) is 0 Å². The Kier molecular flexibility index (Phi) is 8.85. The molecule has 0 spiro atoms. The number of allylic oxidation sites excluding steroid dienone is 6. The van der Waals surface area contributed by atoms with E-state index >= 15 is 0 Å². The van der Waals surface area contributed by atoms with Gasteiger partial charge in [-0.15, -0.1) is 0 Å². The van der Waals surface area contributed by atoms with E-state index in [-0.39, 0.29) is 0 Å². The van der Waals surface area contributed by atoms with Gasteiger partial charge in [-0.25, -0.2) is 0 Å². The lowest BCUT2D eigenvalue weighted by Gasteiger charge is -2.32. The third-order valence-corrected chi connectivity index (χ3v) is 10.4. The van der Waals surface area contributed by atoms with Gasteiger partial charge in [0.05, 0.1) is 5.69 Å². The van der Waals surface area contributed by atoms with Crippen molar-refractivity contribution in [3.8, 4) is 11.1 Å². The van der Waals surface area contributed by atoms with Crippen molar-refractivity contribution < 1.29 is 0 Å². The van der Waals surface area contributed by atoms with Crippen molar-refractivity contribution in [1.82, 2.24) is 0 Å². The number of benzene rings is 7. The van der Waals surface area contributed by atoms with E-state index in [2.05, 4.69) is 216 Å². The maximum atomic E-state index is 2.43. The van der Waals surface area contributed by atoms with Crippen LogP contribution in [-0.2, 0) is 6.42 Å². The second-order valence-electron chi connectivity index (χ2n) is 13.6. The van der Waals surface area contributed by atoms with Gasteiger partial charge in [-0.05, 0) is 101 Å². The van der Waals surface area contributed by atoms with Crippen molar-refractivity contribution in [2.24, 2.45) is 0 Å². The molecule has 7 aromatic rings. The fourth-order valence-electron chi connectivity index (χ4n) is 7.74. The van der Waals surface area contributed by atoms with E-state index in [4.69, 9.17) is 0 Å². The summed E-state index contributed by atoms with van der Waals surface area (Å²) in [6, 6.07) is 63.3. The summed E-state index contributed by atoms with van der Waals surface area (Å²) in [6.07, 6.45) is 14.6. The molecule has 2 nitrogen and oxygen atoms in total. The smallest absolute Gasteiger partial charge is 0.0540 e. The minimum Gasteiger partial charge on any atom is -0.311 e. The SMILES string of the molecule is C1=CC(N(C2=CCCc3ccccc32)c2ccccc2)=CCC=C1c1ccc(-c2ccc(N(c3ccccc3)c3cccc4ccccc34)cc2)cc1. The fourth-order valence-corrected chi connectivity index (χ4v) is 7.74. The Morgan fingerprint density at radius 2 is 1.02 bits per heavy atom. The molecule has 0 atom stereocenters. The lowest BCUT2D eigenvalue weighted by molar-refractivity contribution is 0.963. The van der Waals surface area contributed by atoms with Gasteiger partial charge in [0.1, 0.15) is 0 Å². The number of fused-ring (bicyclic) bond motifs is 2. The van der Waals surface area contributed by atoms with Gasteiger partial charge in [-0.2, -0.15) is 0 Å². The second-order valence-corrected chi connectivity index (χ2v) is 13.6. The minimum absolute atomic E-state index is 0.855. The Hall–Kier alpha value is -6.64. The maximum Gasteiger partial charge on any atom is 0.0540 e. The van der Waals surface area contributed by atoms with E-state index in [0.29, 0.717) is 0 Å². The van der Waals surface area contributed by atoms with Crippen LogP contribution in [0.5, 0.6) is 0 Å². The average molecular weight is 681 g/mol. The second kappa shape index (κ2) is 14.5. The Bertz CT molecular complexity index is 2500. The topological polar surface area (TPSA) is 6.48 Å². The number of hydrogen-bond donors (Lipinski definition) is 0. The first-order valence-corrected chi connectivity index (χ1v) is 18.6. The summed E-state index contributed by atoms with van der Waals surface area (Å²) in [5.41, 5.74) is 14.6. The van der Waals surface area contributed by atoms with E-state index < -0.39 is 0 Å². The van der Waals surface area contributed by atoms with Crippen molar-refractivity contribution in [3.05, 3.63) is 229 Å². The Labute approximate surface area is 312 Å². The normalized spacial score (nSPS) is 13.7. The van der Waals surface area contributed by atoms with Crippen molar-refractivity contribution in [1.29, 1.82) is 0 Å². The number of para-hydroxylation sites is 2. The summed E-state index contributed by atoms with van der Waals surface area (Å²) in [7, 11) is 0. The molecule has 0 unspecified atom stereocenters. The van der Waals surface area contributed by atoms with E-state index in [9.17, 15) is 0 Å². The van der Waals surface area contributed by atoms with Crippen LogP contribution in [0, 0.1) is 0 Å². The molecule has 2 aliphatic rings. The lowest BCUT2D eigenvalue weighted by Crippen LogP contribution is -2.22. The number of rotatable bonds is 8. The Morgan fingerprint density at radius 1 is 0.415 bits per heavy atom. The van der Waals surface area contributed by atoms with Gasteiger partial charge in [0, 0.05) is 39.4 Å². The van der Waals surface area contributed by atoms with E-state index in [1.54, 1.807) is 0 Å². The van der Waals surface area contributed by atoms with Crippen LogP contribution in [0.3, 0.4) is 0 Å². The van der Waals surface area contributed by atoms with Crippen molar-refractivity contribution >= 4 is 44.8 Å².